The van der Waals surface area contributed by atoms with E-state index in [0.29, 0.717) is 30.0 Å². The highest BCUT2D eigenvalue weighted by Crippen LogP contribution is 2.25. The van der Waals surface area contributed by atoms with Gasteiger partial charge in [0.05, 0.1) is 11.4 Å². The van der Waals surface area contributed by atoms with Crippen molar-refractivity contribution in [3.63, 3.8) is 0 Å². The molecule has 0 radical (unpaired) electrons. The van der Waals surface area contributed by atoms with Crippen molar-refractivity contribution in [3.8, 4) is 0 Å². The van der Waals surface area contributed by atoms with Crippen LogP contribution in [-0.4, -0.2) is 32.4 Å². The van der Waals surface area contributed by atoms with Crippen LogP contribution in [0, 0.1) is 11.6 Å². The molecule has 1 aliphatic rings. The van der Waals surface area contributed by atoms with Gasteiger partial charge in [-0.1, -0.05) is 18.2 Å². The molecule has 3 aromatic rings. The Hall–Kier alpha value is -3.46. The maximum absolute atomic E-state index is 14.0. The largest absolute Gasteiger partial charge is 0.324 e. The monoisotopic (exact) mass is 457 g/mol. The number of amides is 2. The minimum absolute atomic E-state index is 0.0574. The lowest BCUT2D eigenvalue weighted by Crippen LogP contribution is -2.49. The number of carbonyl (C=O) groups excluding carboxylic acids is 1. The second kappa shape index (κ2) is 8.96. The fraction of sp³-hybridized carbons (Fsp3) is 0.174. The van der Waals surface area contributed by atoms with Gasteiger partial charge in [0.25, 0.3) is 10.0 Å². The summed E-state index contributed by atoms with van der Waals surface area (Å²) in [5, 5.41) is 0. The smallest absolute Gasteiger partial charge is 0.320 e. The second-order valence-electron chi connectivity index (χ2n) is 7.41. The van der Waals surface area contributed by atoms with Crippen molar-refractivity contribution < 1.29 is 22.0 Å². The molecule has 0 atom stereocenters. The molecule has 2 amide bonds. The summed E-state index contributed by atoms with van der Waals surface area (Å²) in [6, 6.07) is 17.0. The average Bonchev–Trinajstić information content (AvgIpc) is 2.77. The highest BCUT2D eigenvalue weighted by Gasteiger charge is 2.27. The molecule has 1 aliphatic heterocycles. The number of hydrogen-bond donors (Lipinski definition) is 1. The Morgan fingerprint density at radius 3 is 2.25 bits per heavy atom. The van der Waals surface area contributed by atoms with E-state index in [1.807, 2.05) is 0 Å². The zero-order valence-corrected chi connectivity index (χ0v) is 17.9. The van der Waals surface area contributed by atoms with Crippen LogP contribution in [0.2, 0.25) is 0 Å². The first kappa shape index (κ1) is 21.8. The van der Waals surface area contributed by atoms with Gasteiger partial charge in [0.2, 0.25) is 0 Å². The van der Waals surface area contributed by atoms with E-state index in [0.717, 1.165) is 18.6 Å². The third kappa shape index (κ3) is 4.72. The Morgan fingerprint density at radius 1 is 0.875 bits per heavy atom. The second-order valence-corrected chi connectivity index (χ2v) is 9.09. The van der Waals surface area contributed by atoms with Gasteiger partial charge in [0.1, 0.15) is 11.6 Å². The molecule has 4 rings (SSSR count). The summed E-state index contributed by atoms with van der Waals surface area (Å²) in [4.78, 5) is 16.1. The fourth-order valence-corrected chi connectivity index (χ4v) is 4.60. The van der Waals surface area contributed by atoms with Crippen molar-refractivity contribution in [2.45, 2.75) is 17.9 Å². The molecule has 0 aliphatic carbocycles. The van der Waals surface area contributed by atoms with Gasteiger partial charge < -0.3 is 4.90 Å². The average molecular weight is 458 g/mol. The standard InChI is InChI=1S/C23H21F2N3O3S/c24-18-6-12-21(13-7-18)32(30,31)26-19-8-10-20(11-9-19)28-15-3-14-27(23(28)29)16-17-4-1-2-5-22(17)25/h1-2,4-13,26H,3,14-16H2. The van der Waals surface area contributed by atoms with Gasteiger partial charge in [-0.2, -0.15) is 0 Å². The summed E-state index contributed by atoms with van der Waals surface area (Å²) in [7, 11) is -3.87. The van der Waals surface area contributed by atoms with Gasteiger partial charge in [0, 0.05) is 30.0 Å². The summed E-state index contributed by atoms with van der Waals surface area (Å²) in [5.74, 6) is -0.876. The van der Waals surface area contributed by atoms with E-state index < -0.39 is 15.8 Å². The molecule has 0 saturated carbocycles. The van der Waals surface area contributed by atoms with Crippen molar-refractivity contribution in [3.05, 3.63) is 90.0 Å². The van der Waals surface area contributed by atoms with Gasteiger partial charge in [-0.05, 0) is 61.0 Å². The van der Waals surface area contributed by atoms with Crippen molar-refractivity contribution in [1.29, 1.82) is 0 Å². The highest BCUT2D eigenvalue weighted by atomic mass is 32.2. The molecule has 0 bridgehead atoms. The van der Waals surface area contributed by atoms with Crippen LogP contribution in [0.1, 0.15) is 12.0 Å². The Balaban J connectivity index is 1.46. The van der Waals surface area contributed by atoms with E-state index in [1.165, 1.54) is 18.2 Å². The van der Waals surface area contributed by atoms with Gasteiger partial charge >= 0.3 is 6.03 Å². The molecule has 0 spiro atoms. The van der Waals surface area contributed by atoms with Crippen molar-refractivity contribution >= 4 is 27.4 Å². The van der Waals surface area contributed by atoms with Gasteiger partial charge in [-0.25, -0.2) is 22.0 Å². The first-order valence-corrected chi connectivity index (χ1v) is 11.5. The van der Waals surface area contributed by atoms with Crippen LogP contribution in [0.25, 0.3) is 0 Å². The van der Waals surface area contributed by atoms with Crippen LogP contribution >= 0.6 is 0 Å². The number of hydrogen-bond acceptors (Lipinski definition) is 3. The summed E-state index contributed by atoms with van der Waals surface area (Å²) in [6.07, 6.45) is 0.721. The van der Waals surface area contributed by atoms with E-state index in [9.17, 15) is 22.0 Å². The molecule has 9 heteroatoms. The van der Waals surface area contributed by atoms with E-state index in [4.69, 9.17) is 0 Å². The maximum Gasteiger partial charge on any atom is 0.324 e. The van der Waals surface area contributed by atoms with Crippen LogP contribution in [0.5, 0.6) is 0 Å². The predicted molar refractivity (Wildman–Crippen MR) is 118 cm³/mol. The molecular weight excluding hydrogens is 436 g/mol. The van der Waals surface area contributed by atoms with Gasteiger partial charge in [-0.15, -0.1) is 0 Å². The zero-order chi connectivity index (χ0) is 22.7. The zero-order valence-electron chi connectivity index (χ0n) is 17.0. The summed E-state index contributed by atoms with van der Waals surface area (Å²) < 4.78 is 54.4. The number of anilines is 2. The Labute approximate surface area is 185 Å². The lowest BCUT2D eigenvalue weighted by atomic mass is 10.1. The molecular formula is C23H21F2N3O3S. The number of urea groups is 1. The Kier molecular flexibility index (Phi) is 6.09. The van der Waals surface area contributed by atoms with E-state index in [-0.39, 0.29) is 23.3 Å². The van der Waals surface area contributed by atoms with Crippen LogP contribution in [0.4, 0.5) is 25.0 Å². The third-order valence-electron chi connectivity index (χ3n) is 5.19. The Morgan fingerprint density at radius 2 is 1.56 bits per heavy atom. The first-order valence-electron chi connectivity index (χ1n) is 10.0. The van der Waals surface area contributed by atoms with Crippen molar-refractivity contribution in [2.75, 3.05) is 22.7 Å². The normalized spacial score (nSPS) is 14.5. The first-order chi connectivity index (χ1) is 15.3. The van der Waals surface area contributed by atoms with Gasteiger partial charge in [-0.3, -0.25) is 9.62 Å². The molecule has 0 unspecified atom stereocenters. The lowest BCUT2D eigenvalue weighted by molar-refractivity contribution is 0.192. The summed E-state index contributed by atoms with van der Waals surface area (Å²) in [5.41, 5.74) is 1.37. The third-order valence-corrected chi connectivity index (χ3v) is 6.58. The van der Waals surface area contributed by atoms with Crippen LogP contribution < -0.4 is 9.62 Å². The molecule has 1 N–H and O–H groups in total. The molecule has 32 heavy (non-hydrogen) atoms. The van der Waals surface area contributed by atoms with Crippen LogP contribution in [-0.2, 0) is 16.6 Å². The molecule has 6 nitrogen and oxygen atoms in total. The topological polar surface area (TPSA) is 69.7 Å². The molecule has 3 aromatic carbocycles. The SMILES string of the molecule is O=C1N(Cc2ccccc2F)CCCN1c1ccc(NS(=O)(=O)c2ccc(F)cc2)cc1. The lowest BCUT2D eigenvalue weighted by Gasteiger charge is -2.35. The maximum atomic E-state index is 14.0. The highest BCUT2D eigenvalue weighted by molar-refractivity contribution is 7.92. The number of sulfonamides is 1. The predicted octanol–water partition coefficient (Wildman–Crippen LogP) is 4.60. The van der Waals surface area contributed by atoms with Gasteiger partial charge in [0.15, 0.2) is 0 Å². The number of halogens is 2. The molecule has 1 fully saturated rings. The number of benzene rings is 3. The minimum Gasteiger partial charge on any atom is -0.320 e. The summed E-state index contributed by atoms with van der Waals surface area (Å²) in [6.45, 7) is 1.21. The minimum atomic E-state index is -3.87. The van der Waals surface area contributed by atoms with Crippen molar-refractivity contribution in [2.24, 2.45) is 0 Å². The summed E-state index contributed by atoms with van der Waals surface area (Å²) >= 11 is 0. The number of rotatable bonds is 6. The van der Waals surface area contributed by atoms with Crippen LogP contribution in [0.15, 0.2) is 77.7 Å². The van der Waals surface area contributed by atoms with E-state index in [1.54, 1.807) is 52.3 Å². The van der Waals surface area contributed by atoms with Crippen molar-refractivity contribution in [1.82, 2.24) is 4.90 Å². The quantitative estimate of drug-likeness (QED) is 0.588. The van der Waals surface area contributed by atoms with Crippen LogP contribution in [0.3, 0.4) is 0 Å². The number of nitrogens with zero attached hydrogens (tertiary/aromatic N) is 2. The van der Waals surface area contributed by atoms with E-state index in [2.05, 4.69) is 4.72 Å². The molecule has 1 heterocycles. The molecule has 166 valence electrons. The molecule has 0 aromatic heterocycles. The fourth-order valence-electron chi connectivity index (χ4n) is 3.54. The van der Waals surface area contributed by atoms with E-state index >= 15 is 0 Å². The number of carbonyl (C=O) groups is 1. The number of nitrogens with one attached hydrogen (secondary N) is 1. The Bertz CT molecular complexity index is 1220. The molecule has 1 saturated heterocycles.